The Morgan fingerprint density at radius 3 is 2.54 bits per heavy atom. The molecule has 0 radical (unpaired) electrons. The van der Waals surface area contributed by atoms with Gasteiger partial charge in [0.1, 0.15) is 0 Å². The fourth-order valence-electron chi connectivity index (χ4n) is 3.06. The van der Waals surface area contributed by atoms with Gasteiger partial charge in [-0.3, -0.25) is 15.0 Å². The summed E-state index contributed by atoms with van der Waals surface area (Å²) < 4.78 is 10.7. The van der Waals surface area contributed by atoms with Crippen molar-refractivity contribution in [2.45, 2.75) is 53.2 Å². The molecule has 0 fully saturated rings. The summed E-state index contributed by atoms with van der Waals surface area (Å²) >= 11 is 0. The molecule has 6 heteroatoms. The number of pyridine rings is 2. The molecule has 0 amide bonds. The first-order valence-corrected chi connectivity index (χ1v) is 9.58. The standard InChI is InChI=1S/C22H29N3O3/c1-7-20(16(5)28-8-2)25-21(17-9-10-23-14(3)11-17)19-12-18(22(26)27-6)13-24-15(19)4/h9-13,16,20H,7-8H2,1-6H3/b25-21-. The molecule has 0 N–H and O–H groups in total. The smallest absolute Gasteiger partial charge is 0.339 e. The Kier molecular flexibility index (Phi) is 7.81. The average molecular weight is 383 g/mol. The van der Waals surface area contributed by atoms with Gasteiger partial charge in [-0.1, -0.05) is 6.92 Å². The van der Waals surface area contributed by atoms with Gasteiger partial charge in [0.15, 0.2) is 0 Å². The van der Waals surface area contributed by atoms with E-state index in [4.69, 9.17) is 14.5 Å². The van der Waals surface area contributed by atoms with Gasteiger partial charge in [0.2, 0.25) is 0 Å². The molecule has 2 atom stereocenters. The number of esters is 1. The average Bonchev–Trinajstić information content (AvgIpc) is 2.69. The first-order valence-electron chi connectivity index (χ1n) is 9.58. The van der Waals surface area contributed by atoms with E-state index in [1.807, 2.05) is 39.8 Å². The zero-order chi connectivity index (χ0) is 20.7. The van der Waals surface area contributed by atoms with Gasteiger partial charge in [0, 0.05) is 41.5 Å². The Labute approximate surface area is 167 Å². The molecule has 0 saturated heterocycles. The molecule has 28 heavy (non-hydrogen) atoms. The van der Waals surface area contributed by atoms with E-state index in [1.54, 1.807) is 12.3 Å². The quantitative estimate of drug-likeness (QED) is 0.510. The molecule has 0 bridgehead atoms. The topological polar surface area (TPSA) is 73.7 Å². The zero-order valence-electron chi connectivity index (χ0n) is 17.5. The van der Waals surface area contributed by atoms with Crippen LogP contribution in [-0.4, -0.2) is 47.5 Å². The molecule has 0 aromatic carbocycles. The Morgan fingerprint density at radius 2 is 1.93 bits per heavy atom. The zero-order valence-corrected chi connectivity index (χ0v) is 17.5. The third kappa shape index (κ3) is 5.23. The Balaban J connectivity index is 2.65. The lowest BCUT2D eigenvalue weighted by atomic mass is 9.98. The van der Waals surface area contributed by atoms with Crippen molar-refractivity contribution in [3.05, 3.63) is 58.7 Å². The van der Waals surface area contributed by atoms with E-state index in [9.17, 15) is 4.79 Å². The van der Waals surface area contributed by atoms with E-state index in [2.05, 4.69) is 16.9 Å². The van der Waals surface area contributed by atoms with Gasteiger partial charge < -0.3 is 9.47 Å². The largest absolute Gasteiger partial charge is 0.465 e. The number of ether oxygens (including phenoxy) is 2. The predicted molar refractivity (Wildman–Crippen MR) is 110 cm³/mol. The fourth-order valence-corrected chi connectivity index (χ4v) is 3.06. The molecule has 2 heterocycles. The maximum atomic E-state index is 12.0. The highest BCUT2D eigenvalue weighted by molar-refractivity contribution is 6.14. The maximum Gasteiger partial charge on any atom is 0.339 e. The molecule has 0 saturated carbocycles. The van der Waals surface area contributed by atoms with E-state index >= 15 is 0 Å². The minimum Gasteiger partial charge on any atom is -0.465 e. The van der Waals surface area contributed by atoms with E-state index in [0.717, 1.165) is 34.6 Å². The highest BCUT2D eigenvalue weighted by Gasteiger charge is 2.20. The van der Waals surface area contributed by atoms with Crippen molar-refractivity contribution in [2.75, 3.05) is 13.7 Å². The summed E-state index contributed by atoms with van der Waals surface area (Å²) in [4.78, 5) is 25.8. The van der Waals surface area contributed by atoms with Crippen LogP contribution < -0.4 is 0 Å². The molecule has 0 aliphatic heterocycles. The third-order valence-electron chi connectivity index (χ3n) is 4.62. The van der Waals surface area contributed by atoms with Crippen molar-refractivity contribution in [3.8, 4) is 0 Å². The summed E-state index contributed by atoms with van der Waals surface area (Å²) in [6.45, 7) is 10.6. The number of carbonyl (C=O) groups is 1. The van der Waals surface area contributed by atoms with Gasteiger partial charge in [0.05, 0.1) is 30.5 Å². The molecular weight excluding hydrogens is 354 g/mol. The molecule has 150 valence electrons. The predicted octanol–water partition coefficient (Wildman–Crippen LogP) is 3.92. The van der Waals surface area contributed by atoms with Crippen LogP contribution in [0.5, 0.6) is 0 Å². The van der Waals surface area contributed by atoms with Crippen molar-refractivity contribution < 1.29 is 14.3 Å². The summed E-state index contributed by atoms with van der Waals surface area (Å²) in [7, 11) is 1.36. The van der Waals surface area contributed by atoms with Crippen LogP contribution >= 0.6 is 0 Å². The van der Waals surface area contributed by atoms with Crippen molar-refractivity contribution in [2.24, 2.45) is 4.99 Å². The minimum atomic E-state index is -0.422. The van der Waals surface area contributed by atoms with E-state index in [0.29, 0.717) is 12.2 Å². The SMILES string of the molecule is CCOC(C)C(CC)/N=C(/c1ccnc(C)c1)c1cc(C(=O)OC)cnc1C. The minimum absolute atomic E-state index is 0.0232. The summed E-state index contributed by atoms with van der Waals surface area (Å²) in [5.41, 5.74) is 4.59. The number of aromatic nitrogens is 2. The maximum absolute atomic E-state index is 12.0. The lowest BCUT2D eigenvalue weighted by Gasteiger charge is -2.21. The van der Waals surface area contributed by atoms with Gasteiger partial charge >= 0.3 is 5.97 Å². The number of aliphatic imine (C=N–C) groups is 1. The number of carbonyl (C=O) groups excluding carboxylic acids is 1. The van der Waals surface area contributed by atoms with Crippen LogP contribution in [-0.2, 0) is 9.47 Å². The van der Waals surface area contributed by atoms with Crippen LogP contribution in [0.1, 0.15) is 60.1 Å². The van der Waals surface area contributed by atoms with Crippen LogP contribution in [0, 0.1) is 13.8 Å². The summed E-state index contributed by atoms with van der Waals surface area (Å²) in [5, 5.41) is 0. The van der Waals surface area contributed by atoms with Gasteiger partial charge in [0.25, 0.3) is 0 Å². The van der Waals surface area contributed by atoms with Gasteiger partial charge in [-0.2, -0.15) is 0 Å². The van der Waals surface area contributed by atoms with Crippen LogP contribution in [0.4, 0.5) is 0 Å². The number of hydrogen-bond acceptors (Lipinski definition) is 6. The highest BCUT2D eigenvalue weighted by atomic mass is 16.5. The molecule has 2 aromatic rings. The first-order chi connectivity index (χ1) is 13.4. The van der Waals surface area contributed by atoms with E-state index in [1.165, 1.54) is 13.3 Å². The molecule has 2 aromatic heterocycles. The number of rotatable bonds is 8. The van der Waals surface area contributed by atoms with Crippen molar-refractivity contribution in [1.29, 1.82) is 0 Å². The lowest BCUT2D eigenvalue weighted by Crippen LogP contribution is -2.26. The van der Waals surface area contributed by atoms with Gasteiger partial charge in [-0.15, -0.1) is 0 Å². The molecule has 2 rings (SSSR count). The van der Waals surface area contributed by atoms with Crippen LogP contribution in [0.2, 0.25) is 0 Å². The van der Waals surface area contributed by atoms with Crippen molar-refractivity contribution in [3.63, 3.8) is 0 Å². The highest BCUT2D eigenvalue weighted by Crippen LogP contribution is 2.19. The number of aryl methyl sites for hydroxylation is 2. The molecular formula is C22H29N3O3. The summed E-state index contributed by atoms with van der Waals surface area (Å²) in [6.07, 6.45) is 4.10. The molecule has 0 aliphatic rings. The fraction of sp³-hybridized carbons (Fsp3) is 0.455. The van der Waals surface area contributed by atoms with E-state index < -0.39 is 5.97 Å². The molecule has 2 unspecified atom stereocenters. The van der Waals surface area contributed by atoms with E-state index in [-0.39, 0.29) is 12.1 Å². The summed E-state index contributed by atoms with van der Waals surface area (Å²) in [6, 6.07) is 5.68. The second-order valence-electron chi connectivity index (χ2n) is 6.65. The van der Waals surface area contributed by atoms with Crippen LogP contribution in [0.15, 0.2) is 35.6 Å². The second kappa shape index (κ2) is 10.1. The third-order valence-corrected chi connectivity index (χ3v) is 4.62. The summed E-state index contributed by atoms with van der Waals surface area (Å²) in [5.74, 6) is -0.422. The normalized spacial score (nSPS) is 13.9. The monoisotopic (exact) mass is 383 g/mol. The number of methoxy groups -OCH3 is 1. The Morgan fingerprint density at radius 1 is 1.18 bits per heavy atom. The van der Waals surface area contributed by atoms with Gasteiger partial charge in [-0.05, 0) is 52.3 Å². The Bertz CT molecular complexity index is 849. The second-order valence-corrected chi connectivity index (χ2v) is 6.65. The van der Waals surface area contributed by atoms with Gasteiger partial charge in [-0.25, -0.2) is 4.79 Å². The van der Waals surface area contributed by atoms with Crippen molar-refractivity contribution >= 4 is 11.7 Å². The number of nitrogens with zero attached hydrogens (tertiary/aromatic N) is 3. The number of hydrogen-bond donors (Lipinski definition) is 0. The lowest BCUT2D eigenvalue weighted by molar-refractivity contribution is 0.0573. The van der Waals surface area contributed by atoms with Crippen LogP contribution in [0.25, 0.3) is 0 Å². The first kappa shape index (κ1) is 21.7. The molecule has 6 nitrogen and oxygen atoms in total. The molecule has 0 aliphatic carbocycles. The molecule has 0 spiro atoms. The van der Waals surface area contributed by atoms with Crippen LogP contribution in [0.3, 0.4) is 0 Å². The van der Waals surface area contributed by atoms with Crippen molar-refractivity contribution in [1.82, 2.24) is 9.97 Å². The Hall–Kier alpha value is -2.60.